The van der Waals surface area contributed by atoms with Crippen molar-refractivity contribution < 1.29 is 9.47 Å². The third kappa shape index (κ3) is 6.23. The lowest BCUT2D eigenvalue weighted by atomic mass is 10.0. The van der Waals surface area contributed by atoms with Crippen LogP contribution < -0.4 is 55.9 Å². The SMILES string of the molecule is c1ccc(-c2ccc(N(c3ccc([Si](c4ccccc4)(c4ccccc4)c4ccccc4)cc3)c3ccc4c(c3)[Si]3(c5ccccc5Oc5ccccc53)c3ccccc3O4)cc2)cc1. The molecular formula is C60H43NO2Si2. The van der Waals surface area contributed by atoms with Gasteiger partial charge in [0.25, 0.3) is 0 Å². The summed E-state index contributed by atoms with van der Waals surface area (Å²) in [5, 5.41) is 10.2. The maximum atomic E-state index is 6.91. The van der Waals surface area contributed by atoms with Crippen molar-refractivity contribution in [2.75, 3.05) is 4.90 Å². The fourth-order valence-corrected chi connectivity index (χ4v) is 20.5. The molecule has 12 rings (SSSR count). The number of nitrogens with zero attached hydrogens (tertiary/aromatic N) is 1. The van der Waals surface area contributed by atoms with E-state index >= 15 is 0 Å². The zero-order chi connectivity index (χ0) is 43.2. The van der Waals surface area contributed by atoms with Crippen molar-refractivity contribution in [1.82, 2.24) is 0 Å². The van der Waals surface area contributed by atoms with Gasteiger partial charge in [-0.2, -0.15) is 0 Å². The molecule has 0 saturated heterocycles. The predicted molar refractivity (Wildman–Crippen MR) is 274 cm³/mol. The number of hydrogen-bond acceptors (Lipinski definition) is 3. The molecule has 1 spiro atoms. The van der Waals surface area contributed by atoms with Gasteiger partial charge in [0.15, 0.2) is 16.1 Å². The van der Waals surface area contributed by atoms with Gasteiger partial charge < -0.3 is 14.4 Å². The lowest BCUT2D eigenvalue weighted by Crippen LogP contribution is -2.77. The Bertz CT molecular complexity index is 3110. The lowest BCUT2D eigenvalue weighted by molar-refractivity contribution is 0.481. The molecule has 2 aliphatic rings. The number of hydrogen-bond donors (Lipinski definition) is 0. The van der Waals surface area contributed by atoms with E-state index in [0.29, 0.717) is 0 Å². The zero-order valence-electron chi connectivity index (χ0n) is 35.6. The van der Waals surface area contributed by atoms with Crippen molar-refractivity contribution in [3.8, 4) is 34.1 Å². The van der Waals surface area contributed by atoms with Gasteiger partial charge in [-0.3, -0.25) is 0 Å². The van der Waals surface area contributed by atoms with E-state index in [1.807, 2.05) is 0 Å². The first-order chi connectivity index (χ1) is 32.2. The van der Waals surface area contributed by atoms with Crippen LogP contribution in [0.5, 0.6) is 23.0 Å². The van der Waals surface area contributed by atoms with Gasteiger partial charge in [-0.25, -0.2) is 0 Å². The van der Waals surface area contributed by atoms with E-state index in [1.54, 1.807) is 0 Å². The summed E-state index contributed by atoms with van der Waals surface area (Å²) >= 11 is 0. The molecular weight excluding hydrogens is 823 g/mol. The maximum absolute atomic E-state index is 6.91. The van der Waals surface area contributed by atoms with Crippen LogP contribution in [0.25, 0.3) is 11.1 Å². The molecule has 65 heavy (non-hydrogen) atoms. The molecule has 5 heteroatoms. The van der Waals surface area contributed by atoms with Crippen molar-refractivity contribution in [1.29, 1.82) is 0 Å². The Kier molecular flexibility index (Phi) is 9.52. The third-order valence-electron chi connectivity index (χ3n) is 13.3. The molecule has 0 radical (unpaired) electrons. The second-order valence-corrected chi connectivity index (χ2v) is 24.2. The van der Waals surface area contributed by atoms with Crippen molar-refractivity contribution in [2.45, 2.75) is 0 Å². The summed E-state index contributed by atoms with van der Waals surface area (Å²) in [5.74, 6) is 3.58. The highest BCUT2D eigenvalue weighted by atomic mass is 28.3. The monoisotopic (exact) mass is 865 g/mol. The molecule has 0 aliphatic carbocycles. The van der Waals surface area contributed by atoms with Crippen LogP contribution in [0.4, 0.5) is 17.1 Å². The molecule has 0 bridgehead atoms. The van der Waals surface area contributed by atoms with Crippen LogP contribution in [0.2, 0.25) is 0 Å². The Morgan fingerprint density at radius 3 is 1.08 bits per heavy atom. The summed E-state index contributed by atoms with van der Waals surface area (Å²) in [6.45, 7) is 0. The standard InChI is InChI=1S/C60H43NO2Si2/c1-5-19-44(20-6-1)45-33-35-46(36-34-45)61(47-37-40-52(41-38-47)64(49-21-7-2-8-22-49,50-23-9-3-10-24-50)51-25-11-4-12-26-51)48-39-42-56-60(43-48)65(59-32-18-15-29-55(59)63-56)57-30-16-13-27-53(57)62-54-28-14-17-31-58(54)65/h1-43H. The Labute approximate surface area is 382 Å². The second-order valence-electron chi connectivity index (χ2n) is 16.8. The molecule has 0 fully saturated rings. The highest BCUT2D eigenvalue weighted by Gasteiger charge is 2.53. The molecule has 3 nitrogen and oxygen atoms in total. The van der Waals surface area contributed by atoms with Crippen molar-refractivity contribution in [2.24, 2.45) is 0 Å². The molecule has 2 heterocycles. The fraction of sp³-hybridized carbons (Fsp3) is 0. The van der Waals surface area contributed by atoms with Crippen LogP contribution in [0, 0.1) is 0 Å². The van der Waals surface area contributed by atoms with E-state index in [2.05, 4.69) is 266 Å². The zero-order valence-corrected chi connectivity index (χ0v) is 37.6. The molecule has 0 N–H and O–H groups in total. The van der Waals surface area contributed by atoms with E-state index in [-0.39, 0.29) is 0 Å². The van der Waals surface area contributed by atoms with Gasteiger partial charge in [-0.15, -0.1) is 0 Å². The van der Waals surface area contributed by atoms with Crippen LogP contribution in [-0.4, -0.2) is 16.1 Å². The number of ether oxygens (including phenoxy) is 2. The molecule has 10 aromatic rings. The number of rotatable bonds is 8. The highest BCUT2D eigenvalue weighted by molar-refractivity contribution is 7.22. The summed E-state index contributed by atoms with van der Waals surface area (Å²) in [4.78, 5) is 2.41. The molecule has 0 atom stereocenters. The average Bonchev–Trinajstić information content (AvgIpc) is 3.38. The molecule has 0 saturated carbocycles. The number of anilines is 3. The first-order valence-corrected chi connectivity index (χ1v) is 26.2. The van der Waals surface area contributed by atoms with Crippen molar-refractivity contribution >= 4 is 74.7 Å². The van der Waals surface area contributed by atoms with Crippen LogP contribution in [0.1, 0.15) is 0 Å². The van der Waals surface area contributed by atoms with E-state index < -0.39 is 16.1 Å². The van der Waals surface area contributed by atoms with E-state index in [9.17, 15) is 0 Å². The van der Waals surface area contributed by atoms with Gasteiger partial charge in [0.1, 0.15) is 23.0 Å². The summed E-state index contributed by atoms with van der Waals surface area (Å²) < 4.78 is 13.6. The fourth-order valence-electron chi connectivity index (χ4n) is 10.5. The molecule has 0 unspecified atom stereocenters. The van der Waals surface area contributed by atoms with E-state index in [1.165, 1.54) is 52.6 Å². The Morgan fingerprint density at radius 2 is 0.615 bits per heavy atom. The highest BCUT2D eigenvalue weighted by Crippen LogP contribution is 2.40. The molecule has 2 aliphatic heterocycles. The first kappa shape index (κ1) is 38.7. The third-order valence-corrected chi connectivity index (χ3v) is 23.0. The lowest BCUT2D eigenvalue weighted by Gasteiger charge is -2.43. The van der Waals surface area contributed by atoms with Gasteiger partial charge in [0, 0.05) is 17.1 Å². The number of fused-ring (bicyclic) bond motifs is 8. The van der Waals surface area contributed by atoms with Crippen LogP contribution >= 0.6 is 0 Å². The van der Waals surface area contributed by atoms with Gasteiger partial charge in [0.2, 0.25) is 0 Å². The topological polar surface area (TPSA) is 21.7 Å². The van der Waals surface area contributed by atoms with Crippen LogP contribution in [0.3, 0.4) is 0 Å². The summed E-state index contributed by atoms with van der Waals surface area (Å²) in [5.41, 5.74) is 5.55. The normalized spacial score (nSPS) is 13.0. The minimum atomic E-state index is -3.00. The van der Waals surface area contributed by atoms with E-state index in [0.717, 1.165) is 40.1 Å². The summed E-state index contributed by atoms with van der Waals surface area (Å²) in [6.07, 6.45) is 0. The van der Waals surface area contributed by atoms with E-state index in [4.69, 9.17) is 9.47 Å². The van der Waals surface area contributed by atoms with Gasteiger partial charge in [0.05, 0.1) is 0 Å². The second kappa shape index (κ2) is 16.0. The van der Waals surface area contributed by atoms with Crippen molar-refractivity contribution in [3.05, 3.63) is 261 Å². The van der Waals surface area contributed by atoms with Crippen LogP contribution in [-0.2, 0) is 0 Å². The average molecular weight is 866 g/mol. The largest absolute Gasteiger partial charge is 0.458 e. The smallest absolute Gasteiger partial charge is 0.196 e. The Morgan fingerprint density at radius 1 is 0.277 bits per heavy atom. The molecule has 308 valence electrons. The minimum absolute atomic E-state index is 0.879. The molecule has 10 aromatic carbocycles. The number of para-hydroxylation sites is 3. The number of benzene rings is 10. The predicted octanol–water partition coefficient (Wildman–Crippen LogP) is 9.79. The van der Waals surface area contributed by atoms with Gasteiger partial charge in [-0.05, 0) is 113 Å². The Hall–Kier alpha value is -7.97. The summed E-state index contributed by atoms with van der Waals surface area (Å²) in [7, 11) is -5.75. The van der Waals surface area contributed by atoms with Gasteiger partial charge in [-0.1, -0.05) is 200 Å². The van der Waals surface area contributed by atoms with Crippen LogP contribution in [0.15, 0.2) is 261 Å². The molecule has 0 aromatic heterocycles. The van der Waals surface area contributed by atoms with Crippen molar-refractivity contribution in [3.63, 3.8) is 0 Å². The molecule has 0 amide bonds. The Balaban J connectivity index is 1.08. The van der Waals surface area contributed by atoms with Gasteiger partial charge >= 0.3 is 0 Å². The maximum Gasteiger partial charge on any atom is 0.196 e. The minimum Gasteiger partial charge on any atom is -0.458 e. The summed E-state index contributed by atoms with van der Waals surface area (Å²) in [6, 6.07) is 95.1. The quantitative estimate of drug-likeness (QED) is 0.112. The first-order valence-electron chi connectivity index (χ1n) is 22.2.